The molecular formula is C26H34N4OS. The Morgan fingerprint density at radius 3 is 2.19 bits per heavy atom. The molecule has 0 spiro atoms. The second-order valence-electron chi connectivity index (χ2n) is 8.95. The maximum atomic E-state index is 12.4. The number of thioether (sulfide) groups is 1. The Morgan fingerprint density at radius 2 is 1.66 bits per heavy atom. The molecule has 1 amide bonds. The molecule has 0 aromatic heterocycles. The number of amides is 1. The lowest BCUT2D eigenvalue weighted by molar-refractivity contribution is -0.120. The maximum absolute atomic E-state index is 12.4. The van der Waals surface area contributed by atoms with E-state index in [4.69, 9.17) is 5.26 Å². The van der Waals surface area contributed by atoms with Crippen molar-refractivity contribution in [2.45, 2.75) is 56.3 Å². The fraction of sp³-hybridized carbons (Fsp3) is 0.462. The molecule has 0 saturated carbocycles. The van der Waals surface area contributed by atoms with Crippen LogP contribution < -0.4 is 15.5 Å². The third kappa shape index (κ3) is 6.27. The second-order valence-corrected chi connectivity index (χ2v) is 10.2. The minimum atomic E-state index is -0.198. The standard InChI is InChI=1S/C26H34N4OS/c1-18(2)15-25(26(31)29-14-13-27)32-24-11-7-22(8-12-24)21-5-9-23(10-6-21)30-19(3)16-28-17-20(30)4/h5-12,18-20,25,28H,14-17H2,1-4H3,(H,29,31). The van der Waals surface area contributed by atoms with Crippen molar-refractivity contribution < 1.29 is 4.79 Å². The van der Waals surface area contributed by atoms with Gasteiger partial charge in [0, 0.05) is 35.8 Å². The Kier molecular flexibility index (Phi) is 8.60. The highest BCUT2D eigenvalue weighted by Gasteiger charge is 2.24. The smallest absolute Gasteiger partial charge is 0.234 e. The van der Waals surface area contributed by atoms with Crippen molar-refractivity contribution in [3.63, 3.8) is 0 Å². The molecular weight excluding hydrogens is 416 g/mol. The van der Waals surface area contributed by atoms with Crippen LogP contribution in [0.4, 0.5) is 5.69 Å². The lowest BCUT2D eigenvalue weighted by atomic mass is 10.0. The summed E-state index contributed by atoms with van der Waals surface area (Å²) in [6.45, 7) is 10.8. The Hall–Kier alpha value is -2.49. The van der Waals surface area contributed by atoms with Crippen LogP contribution in [0.5, 0.6) is 0 Å². The van der Waals surface area contributed by atoms with Crippen LogP contribution >= 0.6 is 11.8 Å². The molecule has 1 fully saturated rings. The molecule has 170 valence electrons. The van der Waals surface area contributed by atoms with Gasteiger partial charge in [0.15, 0.2) is 0 Å². The molecule has 2 aromatic rings. The quantitative estimate of drug-likeness (QED) is 0.451. The van der Waals surface area contributed by atoms with E-state index >= 15 is 0 Å². The van der Waals surface area contributed by atoms with Crippen LogP contribution in [0.1, 0.15) is 34.1 Å². The number of carbonyl (C=O) groups is 1. The van der Waals surface area contributed by atoms with Crippen LogP contribution in [-0.2, 0) is 4.79 Å². The average Bonchev–Trinajstić information content (AvgIpc) is 2.77. The van der Waals surface area contributed by atoms with E-state index in [9.17, 15) is 4.79 Å². The molecule has 0 radical (unpaired) electrons. The van der Waals surface area contributed by atoms with E-state index in [2.05, 4.69) is 91.8 Å². The average molecular weight is 451 g/mol. The second kappa shape index (κ2) is 11.4. The van der Waals surface area contributed by atoms with Crippen molar-refractivity contribution in [2.75, 3.05) is 24.5 Å². The van der Waals surface area contributed by atoms with Gasteiger partial charge in [-0.3, -0.25) is 4.79 Å². The molecule has 2 aromatic carbocycles. The van der Waals surface area contributed by atoms with Gasteiger partial charge in [0.2, 0.25) is 5.91 Å². The summed E-state index contributed by atoms with van der Waals surface area (Å²) >= 11 is 1.57. The Morgan fingerprint density at radius 1 is 1.09 bits per heavy atom. The molecule has 6 heteroatoms. The first kappa shape index (κ1) is 24.2. The normalized spacial score (nSPS) is 19.4. The summed E-state index contributed by atoms with van der Waals surface area (Å²) in [7, 11) is 0. The Bertz CT molecular complexity index is 910. The Balaban J connectivity index is 1.69. The maximum Gasteiger partial charge on any atom is 0.234 e. The van der Waals surface area contributed by atoms with Crippen LogP contribution in [0.25, 0.3) is 11.1 Å². The van der Waals surface area contributed by atoms with Gasteiger partial charge in [-0.05, 0) is 61.6 Å². The summed E-state index contributed by atoms with van der Waals surface area (Å²) in [6, 6.07) is 20.1. The minimum absolute atomic E-state index is 0.0500. The molecule has 1 heterocycles. The summed E-state index contributed by atoms with van der Waals surface area (Å²) in [5, 5.41) is 14.7. The number of hydrogen-bond acceptors (Lipinski definition) is 5. The third-order valence-corrected chi connectivity index (χ3v) is 7.02. The molecule has 1 aliphatic rings. The zero-order valence-electron chi connectivity index (χ0n) is 19.5. The summed E-state index contributed by atoms with van der Waals surface area (Å²) < 4.78 is 0. The van der Waals surface area contributed by atoms with Gasteiger partial charge in [-0.1, -0.05) is 38.1 Å². The predicted molar refractivity (Wildman–Crippen MR) is 134 cm³/mol. The van der Waals surface area contributed by atoms with Gasteiger partial charge in [-0.25, -0.2) is 0 Å². The largest absolute Gasteiger partial charge is 0.364 e. The van der Waals surface area contributed by atoms with E-state index in [1.807, 2.05) is 6.07 Å². The number of nitriles is 1. The van der Waals surface area contributed by atoms with Crippen molar-refractivity contribution >= 4 is 23.4 Å². The van der Waals surface area contributed by atoms with E-state index in [0.717, 1.165) is 30.0 Å². The minimum Gasteiger partial charge on any atom is -0.364 e. The fourth-order valence-corrected chi connectivity index (χ4v) is 5.53. The molecule has 3 rings (SSSR count). The van der Waals surface area contributed by atoms with Crippen molar-refractivity contribution in [3.8, 4) is 17.2 Å². The zero-order valence-corrected chi connectivity index (χ0v) is 20.3. The van der Waals surface area contributed by atoms with Crippen molar-refractivity contribution in [3.05, 3.63) is 48.5 Å². The van der Waals surface area contributed by atoms with E-state index in [1.165, 1.54) is 11.3 Å². The number of nitrogens with one attached hydrogen (secondary N) is 2. The SMILES string of the molecule is CC(C)CC(Sc1ccc(-c2ccc(N3C(C)CNCC3C)cc2)cc1)C(=O)NCC#N. The van der Waals surface area contributed by atoms with Crippen LogP contribution in [-0.4, -0.2) is 42.9 Å². The summed E-state index contributed by atoms with van der Waals surface area (Å²) in [6.07, 6.45) is 0.772. The lowest BCUT2D eigenvalue weighted by Gasteiger charge is -2.41. The monoisotopic (exact) mass is 450 g/mol. The molecule has 0 bridgehead atoms. The van der Waals surface area contributed by atoms with Crippen LogP contribution in [0.2, 0.25) is 0 Å². The number of anilines is 1. The first-order chi connectivity index (χ1) is 15.4. The molecule has 0 aliphatic carbocycles. The van der Waals surface area contributed by atoms with Crippen LogP contribution in [0.15, 0.2) is 53.4 Å². The highest BCUT2D eigenvalue weighted by Crippen LogP contribution is 2.31. The van der Waals surface area contributed by atoms with Crippen molar-refractivity contribution in [2.24, 2.45) is 5.92 Å². The number of hydrogen-bond donors (Lipinski definition) is 2. The van der Waals surface area contributed by atoms with E-state index < -0.39 is 0 Å². The number of rotatable bonds is 8. The molecule has 2 N–H and O–H groups in total. The highest BCUT2D eigenvalue weighted by atomic mass is 32.2. The number of benzene rings is 2. The third-order valence-electron chi connectivity index (χ3n) is 5.78. The fourth-order valence-electron chi connectivity index (χ4n) is 4.23. The van der Waals surface area contributed by atoms with E-state index in [1.54, 1.807) is 11.8 Å². The molecule has 1 aliphatic heterocycles. The van der Waals surface area contributed by atoms with Gasteiger partial charge in [-0.2, -0.15) is 5.26 Å². The van der Waals surface area contributed by atoms with Gasteiger partial charge >= 0.3 is 0 Å². The van der Waals surface area contributed by atoms with Gasteiger partial charge < -0.3 is 15.5 Å². The Labute approximate surface area is 196 Å². The number of carbonyl (C=O) groups excluding carboxylic acids is 1. The summed E-state index contributed by atoms with van der Waals surface area (Å²) in [4.78, 5) is 16.0. The highest BCUT2D eigenvalue weighted by molar-refractivity contribution is 8.00. The first-order valence-electron chi connectivity index (χ1n) is 11.4. The lowest BCUT2D eigenvalue weighted by Crippen LogP contribution is -2.55. The molecule has 3 unspecified atom stereocenters. The van der Waals surface area contributed by atoms with E-state index in [0.29, 0.717) is 18.0 Å². The van der Waals surface area contributed by atoms with Gasteiger partial charge in [0.25, 0.3) is 0 Å². The van der Waals surface area contributed by atoms with Gasteiger partial charge in [-0.15, -0.1) is 11.8 Å². The molecule has 32 heavy (non-hydrogen) atoms. The predicted octanol–water partition coefficient (Wildman–Crippen LogP) is 4.69. The topological polar surface area (TPSA) is 68.2 Å². The van der Waals surface area contributed by atoms with Crippen LogP contribution in [0, 0.1) is 17.2 Å². The van der Waals surface area contributed by atoms with Gasteiger partial charge in [0.1, 0.15) is 6.54 Å². The summed E-state index contributed by atoms with van der Waals surface area (Å²) in [5.74, 6) is 0.334. The molecule has 1 saturated heterocycles. The summed E-state index contributed by atoms with van der Waals surface area (Å²) in [5.41, 5.74) is 3.62. The van der Waals surface area contributed by atoms with Crippen molar-refractivity contribution in [1.29, 1.82) is 5.26 Å². The van der Waals surface area contributed by atoms with Crippen LogP contribution in [0.3, 0.4) is 0 Å². The molecule has 5 nitrogen and oxygen atoms in total. The number of piperazine rings is 1. The van der Waals surface area contributed by atoms with E-state index in [-0.39, 0.29) is 17.7 Å². The first-order valence-corrected chi connectivity index (χ1v) is 12.3. The molecule has 3 atom stereocenters. The van der Waals surface area contributed by atoms with Crippen molar-refractivity contribution in [1.82, 2.24) is 10.6 Å². The van der Waals surface area contributed by atoms with Gasteiger partial charge in [0.05, 0.1) is 11.3 Å². The zero-order chi connectivity index (χ0) is 23.1. The number of nitrogens with zero attached hydrogens (tertiary/aromatic N) is 2.